The Labute approximate surface area is 127 Å². The van der Waals surface area contributed by atoms with Gasteiger partial charge in [0.25, 0.3) is 0 Å². The van der Waals surface area contributed by atoms with Crippen molar-refractivity contribution in [3.8, 4) is 0 Å². The highest BCUT2D eigenvalue weighted by atomic mass is 35.5. The highest BCUT2D eigenvalue weighted by Crippen LogP contribution is 2.36. The van der Waals surface area contributed by atoms with Crippen molar-refractivity contribution in [2.24, 2.45) is 0 Å². The van der Waals surface area contributed by atoms with Crippen LogP contribution in [0.2, 0.25) is 28.2 Å². The van der Waals surface area contributed by atoms with Crippen LogP contribution in [0.1, 0.15) is 20.8 Å². The number of nitrogens with one attached hydrogen (secondary N) is 1. The smallest absolute Gasteiger partial charge is 0.192 e. The molecule has 1 rings (SSSR count). The average molecular weight is 320 g/mol. The first-order valence-electron chi connectivity index (χ1n) is 6.47. The molecule has 0 spiro atoms. The summed E-state index contributed by atoms with van der Waals surface area (Å²) in [5.74, 6) is 0. The van der Waals surface area contributed by atoms with Gasteiger partial charge in [0.1, 0.15) is 0 Å². The Morgan fingerprint density at radius 3 is 2.42 bits per heavy atom. The largest absolute Gasteiger partial charge is 0.415 e. The van der Waals surface area contributed by atoms with Crippen molar-refractivity contribution in [1.82, 2.24) is 0 Å². The molecule has 0 amide bonds. The van der Waals surface area contributed by atoms with Gasteiger partial charge >= 0.3 is 0 Å². The maximum Gasteiger partial charge on any atom is 0.192 e. The lowest BCUT2D eigenvalue weighted by Gasteiger charge is -2.36. The summed E-state index contributed by atoms with van der Waals surface area (Å²) in [6.07, 6.45) is 0. The Balaban J connectivity index is 2.46. The molecule has 0 unspecified atom stereocenters. The van der Waals surface area contributed by atoms with Crippen molar-refractivity contribution in [2.75, 3.05) is 18.5 Å². The van der Waals surface area contributed by atoms with Crippen LogP contribution in [0, 0.1) is 0 Å². The summed E-state index contributed by atoms with van der Waals surface area (Å²) in [7, 11) is -1.67. The lowest BCUT2D eigenvalue weighted by atomic mass is 10.2. The highest BCUT2D eigenvalue weighted by molar-refractivity contribution is 6.74. The number of benzene rings is 1. The molecule has 1 aromatic rings. The molecule has 0 aliphatic rings. The van der Waals surface area contributed by atoms with Gasteiger partial charge in [-0.2, -0.15) is 0 Å². The molecule has 19 heavy (non-hydrogen) atoms. The minimum Gasteiger partial charge on any atom is -0.415 e. The lowest BCUT2D eigenvalue weighted by Crippen LogP contribution is -2.41. The Kier molecular flexibility index (Phi) is 5.74. The first-order chi connectivity index (χ1) is 8.65. The molecule has 1 N–H and O–H groups in total. The molecular formula is C14H23Cl2NOSi. The van der Waals surface area contributed by atoms with Gasteiger partial charge in [-0.15, -0.1) is 0 Å². The maximum absolute atomic E-state index is 6.11. The van der Waals surface area contributed by atoms with Crippen molar-refractivity contribution >= 4 is 37.2 Å². The Hall–Kier alpha value is -0.223. The SMILES string of the molecule is CC(C)(C)[Si](C)(C)OCCNc1cccc(Cl)c1Cl. The zero-order chi connectivity index (χ0) is 14.7. The number of halogens is 2. The molecule has 0 fully saturated rings. The van der Waals surface area contributed by atoms with Crippen molar-refractivity contribution in [2.45, 2.75) is 38.9 Å². The number of hydrogen-bond acceptors (Lipinski definition) is 2. The fraction of sp³-hybridized carbons (Fsp3) is 0.571. The quantitative estimate of drug-likeness (QED) is 0.577. The van der Waals surface area contributed by atoms with E-state index in [2.05, 4.69) is 39.2 Å². The van der Waals surface area contributed by atoms with E-state index in [1.165, 1.54) is 0 Å². The van der Waals surface area contributed by atoms with E-state index < -0.39 is 8.32 Å². The van der Waals surface area contributed by atoms with Crippen LogP contribution in [0.25, 0.3) is 0 Å². The number of hydrogen-bond donors (Lipinski definition) is 1. The van der Waals surface area contributed by atoms with Crippen LogP contribution in [0.15, 0.2) is 18.2 Å². The first-order valence-corrected chi connectivity index (χ1v) is 10.1. The van der Waals surface area contributed by atoms with Crippen molar-refractivity contribution in [1.29, 1.82) is 0 Å². The van der Waals surface area contributed by atoms with Gasteiger partial charge in [0.05, 0.1) is 22.3 Å². The van der Waals surface area contributed by atoms with Crippen LogP contribution in [0.3, 0.4) is 0 Å². The van der Waals surface area contributed by atoms with Gasteiger partial charge in [-0.1, -0.05) is 50.0 Å². The molecule has 0 saturated heterocycles. The third-order valence-electron chi connectivity index (χ3n) is 3.64. The third-order valence-corrected chi connectivity index (χ3v) is 9.00. The van der Waals surface area contributed by atoms with Crippen LogP contribution >= 0.6 is 23.2 Å². The molecule has 1 aromatic carbocycles. The maximum atomic E-state index is 6.11. The topological polar surface area (TPSA) is 21.3 Å². The molecular weight excluding hydrogens is 297 g/mol. The van der Waals surface area contributed by atoms with Gasteiger partial charge in [-0.3, -0.25) is 0 Å². The Bertz CT molecular complexity index is 430. The van der Waals surface area contributed by atoms with Gasteiger partial charge in [-0.25, -0.2) is 0 Å². The van der Waals surface area contributed by atoms with Crippen molar-refractivity contribution in [3.63, 3.8) is 0 Å². The van der Waals surface area contributed by atoms with E-state index in [1.807, 2.05) is 12.1 Å². The van der Waals surface area contributed by atoms with E-state index in [0.717, 1.165) is 12.2 Å². The fourth-order valence-corrected chi connectivity index (χ4v) is 2.76. The monoisotopic (exact) mass is 319 g/mol. The van der Waals surface area contributed by atoms with Gasteiger partial charge < -0.3 is 9.74 Å². The zero-order valence-corrected chi connectivity index (χ0v) is 14.8. The minimum atomic E-state index is -1.67. The third kappa shape index (κ3) is 4.67. The summed E-state index contributed by atoms with van der Waals surface area (Å²) >= 11 is 12.1. The molecule has 0 atom stereocenters. The molecule has 2 nitrogen and oxygen atoms in total. The minimum absolute atomic E-state index is 0.237. The summed E-state index contributed by atoms with van der Waals surface area (Å²) in [5, 5.41) is 4.63. The average Bonchev–Trinajstić information content (AvgIpc) is 2.28. The summed E-state index contributed by atoms with van der Waals surface area (Å²) in [6.45, 7) is 12.6. The lowest BCUT2D eigenvalue weighted by molar-refractivity contribution is 0.301. The zero-order valence-electron chi connectivity index (χ0n) is 12.3. The van der Waals surface area contributed by atoms with E-state index in [9.17, 15) is 0 Å². The van der Waals surface area contributed by atoms with Crippen molar-refractivity contribution < 1.29 is 4.43 Å². The van der Waals surface area contributed by atoms with Crippen LogP contribution in [-0.4, -0.2) is 21.5 Å². The molecule has 0 aliphatic heterocycles. The molecule has 0 radical (unpaired) electrons. The normalized spacial score (nSPS) is 12.6. The summed E-state index contributed by atoms with van der Waals surface area (Å²) in [5.41, 5.74) is 0.855. The van der Waals surface area contributed by atoms with Gasteiger partial charge in [0.15, 0.2) is 8.32 Å². The standard InChI is InChI=1S/C14H23Cl2NOSi/c1-14(2,3)19(4,5)18-10-9-17-12-8-6-7-11(15)13(12)16/h6-8,17H,9-10H2,1-5H3. The highest BCUT2D eigenvalue weighted by Gasteiger charge is 2.36. The van der Waals surface area contributed by atoms with Crippen LogP contribution in [0.4, 0.5) is 5.69 Å². The predicted molar refractivity (Wildman–Crippen MR) is 88.1 cm³/mol. The van der Waals surface area contributed by atoms with E-state index >= 15 is 0 Å². The van der Waals surface area contributed by atoms with Gasteiger partial charge in [-0.05, 0) is 30.3 Å². The van der Waals surface area contributed by atoms with Crippen LogP contribution < -0.4 is 5.32 Å². The second-order valence-corrected chi connectivity index (χ2v) is 11.7. The molecule has 0 aliphatic carbocycles. The second-order valence-electron chi connectivity index (χ2n) is 6.14. The van der Waals surface area contributed by atoms with Gasteiger partial charge in [0.2, 0.25) is 0 Å². The van der Waals surface area contributed by atoms with Crippen LogP contribution in [-0.2, 0) is 4.43 Å². The van der Waals surface area contributed by atoms with Gasteiger partial charge in [0, 0.05) is 6.54 Å². The van der Waals surface area contributed by atoms with Crippen molar-refractivity contribution in [3.05, 3.63) is 28.2 Å². The Morgan fingerprint density at radius 1 is 1.21 bits per heavy atom. The summed E-state index contributed by atoms with van der Waals surface area (Å²) in [4.78, 5) is 0. The van der Waals surface area contributed by atoms with Crippen LogP contribution in [0.5, 0.6) is 0 Å². The number of anilines is 1. The second kappa shape index (κ2) is 6.49. The fourth-order valence-electron chi connectivity index (χ4n) is 1.35. The summed E-state index contributed by atoms with van der Waals surface area (Å²) in [6, 6.07) is 5.58. The van der Waals surface area contributed by atoms with E-state index in [4.69, 9.17) is 27.6 Å². The number of rotatable bonds is 5. The van der Waals surface area contributed by atoms with E-state index in [-0.39, 0.29) is 5.04 Å². The first kappa shape index (κ1) is 16.8. The molecule has 0 heterocycles. The molecule has 0 aromatic heterocycles. The molecule has 0 bridgehead atoms. The van der Waals surface area contributed by atoms with E-state index in [1.54, 1.807) is 6.07 Å². The molecule has 108 valence electrons. The summed E-state index contributed by atoms with van der Waals surface area (Å²) < 4.78 is 6.09. The Morgan fingerprint density at radius 2 is 1.84 bits per heavy atom. The molecule has 0 saturated carbocycles. The van der Waals surface area contributed by atoms with E-state index in [0.29, 0.717) is 16.7 Å². The molecule has 5 heteroatoms. The predicted octanol–water partition coefficient (Wildman–Crippen LogP) is 5.43.